The molecule has 0 aliphatic rings. The fourth-order valence-corrected chi connectivity index (χ4v) is 1.60. The predicted molar refractivity (Wildman–Crippen MR) is 63.0 cm³/mol. The van der Waals surface area contributed by atoms with Gasteiger partial charge in [0.1, 0.15) is 0 Å². The van der Waals surface area contributed by atoms with Gasteiger partial charge in [-0.2, -0.15) is 5.26 Å². The van der Waals surface area contributed by atoms with Gasteiger partial charge in [0.05, 0.1) is 23.9 Å². The summed E-state index contributed by atoms with van der Waals surface area (Å²) in [7, 11) is 0. The van der Waals surface area contributed by atoms with Gasteiger partial charge in [0, 0.05) is 12.6 Å². The second kappa shape index (κ2) is 5.23. The van der Waals surface area contributed by atoms with Crippen molar-refractivity contribution in [3.05, 3.63) is 47.3 Å². The van der Waals surface area contributed by atoms with E-state index in [1.165, 1.54) is 0 Å². The van der Waals surface area contributed by atoms with Crippen molar-refractivity contribution in [2.24, 2.45) is 5.73 Å². The maximum atomic E-state index is 8.80. The van der Waals surface area contributed by atoms with Crippen molar-refractivity contribution in [3.8, 4) is 6.07 Å². The molecule has 0 unspecified atom stereocenters. The highest BCUT2D eigenvalue weighted by molar-refractivity contribution is 5.32. The Hall–Kier alpha value is -2.19. The highest BCUT2D eigenvalue weighted by atomic mass is 15.4. The molecule has 5 nitrogen and oxygen atoms in total. The Balaban J connectivity index is 2.11. The molecule has 1 aromatic heterocycles. The molecule has 0 radical (unpaired) electrons. The van der Waals surface area contributed by atoms with Crippen LogP contribution in [0, 0.1) is 11.3 Å². The van der Waals surface area contributed by atoms with Crippen LogP contribution in [0.4, 0.5) is 0 Å². The molecule has 2 rings (SSSR count). The van der Waals surface area contributed by atoms with Crippen LogP contribution in [-0.4, -0.2) is 21.5 Å². The third-order valence-corrected chi connectivity index (χ3v) is 2.39. The Kier molecular flexibility index (Phi) is 3.48. The summed E-state index contributed by atoms with van der Waals surface area (Å²) in [5.74, 6) is 0. The van der Waals surface area contributed by atoms with E-state index in [1.807, 2.05) is 24.4 Å². The number of rotatable bonds is 4. The lowest BCUT2D eigenvalue weighted by molar-refractivity contribution is 0.649. The van der Waals surface area contributed by atoms with Gasteiger partial charge < -0.3 is 5.73 Å². The minimum Gasteiger partial charge on any atom is -0.330 e. The fraction of sp³-hybridized carbons (Fsp3) is 0.250. The van der Waals surface area contributed by atoms with Crippen molar-refractivity contribution >= 4 is 0 Å². The van der Waals surface area contributed by atoms with Gasteiger partial charge in [0.2, 0.25) is 0 Å². The normalized spacial score (nSPS) is 10.1. The zero-order chi connectivity index (χ0) is 12.1. The molecule has 17 heavy (non-hydrogen) atoms. The minimum absolute atomic E-state index is 0.572. The van der Waals surface area contributed by atoms with Crippen molar-refractivity contribution < 1.29 is 0 Å². The largest absolute Gasteiger partial charge is 0.330 e. The van der Waals surface area contributed by atoms with E-state index in [9.17, 15) is 0 Å². The predicted octanol–water partition coefficient (Wildman–Crippen LogP) is 0.699. The summed E-state index contributed by atoms with van der Waals surface area (Å²) in [4.78, 5) is 0. The molecule has 0 saturated carbocycles. The Labute approximate surface area is 99.5 Å². The third kappa shape index (κ3) is 2.89. The topological polar surface area (TPSA) is 80.5 Å². The molecule has 0 aliphatic heterocycles. The number of hydrogen-bond donors (Lipinski definition) is 1. The zero-order valence-corrected chi connectivity index (χ0v) is 9.37. The van der Waals surface area contributed by atoms with Gasteiger partial charge in [0.25, 0.3) is 0 Å². The van der Waals surface area contributed by atoms with Gasteiger partial charge in [0.15, 0.2) is 0 Å². The van der Waals surface area contributed by atoms with Gasteiger partial charge in [-0.3, -0.25) is 0 Å². The first kappa shape index (κ1) is 11.3. The Bertz CT molecular complexity index is 538. The first-order chi connectivity index (χ1) is 8.31. The van der Waals surface area contributed by atoms with Crippen molar-refractivity contribution in [1.82, 2.24) is 15.0 Å². The van der Waals surface area contributed by atoms with E-state index >= 15 is 0 Å². The summed E-state index contributed by atoms with van der Waals surface area (Å²) in [6, 6.07) is 9.58. The van der Waals surface area contributed by atoms with Crippen molar-refractivity contribution in [3.63, 3.8) is 0 Å². The SMILES string of the molecule is N#Cc1cccc(Cn2cc(CCN)nn2)c1. The average Bonchev–Trinajstić information content (AvgIpc) is 2.77. The van der Waals surface area contributed by atoms with Gasteiger partial charge in [-0.1, -0.05) is 17.3 Å². The number of nitriles is 1. The molecule has 86 valence electrons. The van der Waals surface area contributed by atoms with Crippen LogP contribution in [0.15, 0.2) is 30.5 Å². The fourth-order valence-electron chi connectivity index (χ4n) is 1.60. The summed E-state index contributed by atoms with van der Waals surface area (Å²) in [6.45, 7) is 1.19. The number of nitrogens with zero attached hydrogens (tertiary/aromatic N) is 4. The zero-order valence-electron chi connectivity index (χ0n) is 9.37. The van der Waals surface area contributed by atoms with Crippen LogP contribution in [0.1, 0.15) is 16.8 Å². The maximum absolute atomic E-state index is 8.80. The molecule has 0 spiro atoms. The molecule has 0 aliphatic carbocycles. The molecule has 2 N–H and O–H groups in total. The molecule has 0 fully saturated rings. The Morgan fingerprint density at radius 3 is 3.06 bits per heavy atom. The number of aromatic nitrogens is 3. The lowest BCUT2D eigenvalue weighted by Crippen LogP contribution is -2.03. The maximum Gasteiger partial charge on any atom is 0.0991 e. The third-order valence-electron chi connectivity index (χ3n) is 2.39. The van der Waals surface area contributed by atoms with Gasteiger partial charge in [-0.15, -0.1) is 5.10 Å². The molecule has 0 atom stereocenters. The minimum atomic E-state index is 0.572. The van der Waals surface area contributed by atoms with Crippen molar-refractivity contribution in [2.45, 2.75) is 13.0 Å². The van der Waals surface area contributed by atoms with E-state index in [1.54, 1.807) is 10.7 Å². The summed E-state index contributed by atoms with van der Waals surface area (Å²) in [5.41, 5.74) is 8.03. The first-order valence-electron chi connectivity index (χ1n) is 5.40. The quantitative estimate of drug-likeness (QED) is 0.833. The lowest BCUT2D eigenvalue weighted by atomic mass is 10.1. The number of nitrogens with two attached hydrogens (primary N) is 1. The lowest BCUT2D eigenvalue weighted by Gasteiger charge is -2.00. The standard InChI is InChI=1S/C12H13N5/c13-5-4-12-9-17(16-15-12)8-11-3-1-2-10(6-11)7-14/h1-3,6,9H,4-5,8,13H2. The van der Waals surface area contributed by atoms with Crippen LogP contribution in [0.5, 0.6) is 0 Å². The first-order valence-corrected chi connectivity index (χ1v) is 5.40. The van der Waals surface area contributed by atoms with E-state index in [0.717, 1.165) is 17.7 Å². The van der Waals surface area contributed by atoms with Crippen molar-refractivity contribution in [1.29, 1.82) is 5.26 Å². The molecule has 0 bridgehead atoms. The van der Waals surface area contributed by atoms with E-state index < -0.39 is 0 Å². The number of benzene rings is 1. The van der Waals surface area contributed by atoms with E-state index in [4.69, 9.17) is 11.0 Å². The van der Waals surface area contributed by atoms with Crippen LogP contribution in [0.2, 0.25) is 0 Å². The second-order valence-corrected chi connectivity index (χ2v) is 3.76. The van der Waals surface area contributed by atoms with Gasteiger partial charge in [-0.25, -0.2) is 4.68 Å². The van der Waals surface area contributed by atoms with Gasteiger partial charge in [-0.05, 0) is 24.2 Å². The van der Waals surface area contributed by atoms with Crippen molar-refractivity contribution in [2.75, 3.05) is 6.54 Å². The monoisotopic (exact) mass is 227 g/mol. The highest BCUT2D eigenvalue weighted by Gasteiger charge is 2.01. The Morgan fingerprint density at radius 2 is 2.29 bits per heavy atom. The molecule has 1 aromatic carbocycles. The van der Waals surface area contributed by atoms with E-state index in [0.29, 0.717) is 18.7 Å². The Morgan fingerprint density at radius 1 is 1.41 bits per heavy atom. The summed E-state index contributed by atoms with van der Waals surface area (Å²) < 4.78 is 1.75. The van der Waals surface area contributed by atoms with Crippen LogP contribution in [-0.2, 0) is 13.0 Å². The van der Waals surface area contributed by atoms with Crippen LogP contribution in [0.3, 0.4) is 0 Å². The van der Waals surface area contributed by atoms with E-state index in [2.05, 4.69) is 16.4 Å². The summed E-state index contributed by atoms with van der Waals surface area (Å²) in [5, 5.41) is 16.8. The molecule has 2 aromatic rings. The molecule has 0 saturated heterocycles. The van der Waals surface area contributed by atoms with Gasteiger partial charge >= 0.3 is 0 Å². The molecule has 5 heteroatoms. The summed E-state index contributed by atoms with van der Waals surface area (Å²) >= 11 is 0. The highest BCUT2D eigenvalue weighted by Crippen LogP contribution is 2.06. The average molecular weight is 227 g/mol. The number of hydrogen-bond acceptors (Lipinski definition) is 4. The van der Waals surface area contributed by atoms with E-state index in [-0.39, 0.29) is 0 Å². The molecule has 0 amide bonds. The molecular formula is C12H13N5. The smallest absolute Gasteiger partial charge is 0.0991 e. The van der Waals surface area contributed by atoms with Crippen LogP contribution in [0.25, 0.3) is 0 Å². The summed E-state index contributed by atoms with van der Waals surface area (Å²) in [6.07, 6.45) is 2.62. The van der Waals surface area contributed by atoms with Crippen LogP contribution < -0.4 is 5.73 Å². The second-order valence-electron chi connectivity index (χ2n) is 3.76. The molecule has 1 heterocycles. The molecular weight excluding hydrogens is 214 g/mol. The van der Waals surface area contributed by atoms with Crippen LogP contribution >= 0.6 is 0 Å².